The Balaban J connectivity index is 1.56. The first-order valence-corrected chi connectivity index (χ1v) is 8.83. The quantitative estimate of drug-likeness (QED) is 0.735. The molecular weight excluding hydrogens is 361 g/mol. The lowest BCUT2D eigenvalue weighted by molar-refractivity contribution is -0.115. The molecule has 0 radical (unpaired) electrons. The number of methoxy groups -OCH3 is 1. The second kappa shape index (κ2) is 7.64. The van der Waals surface area contributed by atoms with Gasteiger partial charge in [-0.3, -0.25) is 4.79 Å². The molecule has 0 unspecified atom stereocenters. The van der Waals surface area contributed by atoms with Gasteiger partial charge in [-0.1, -0.05) is 12.1 Å². The number of halogens is 1. The van der Waals surface area contributed by atoms with Gasteiger partial charge in [0.05, 0.1) is 20.1 Å². The Bertz CT molecular complexity index is 1000. The highest BCUT2D eigenvalue weighted by Gasteiger charge is 2.23. The third kappa shape index (κ3) is 3.64. The van der Waals surface area contributed by atoms with Gasteiger partial charge >= 0.3 is 0 Å². The fraction of sp³-hybridized carbons (Fsp3) is 0.190. The number of pyridine rings is 2. The Hall–Kier alpha value is -3.48. The maximum atomic E-state index is 13.0. The van der Waals surface area contributed by atoms with E-state index in [0.29, 0.717) is 24.1 Å². The second-order valence-corrected chi connectivity index (χ2v) is 6.37. The number of carbonyl (C=O) groups excluding carboxylic acids is 1. The molecule has 0 saturated heterocycles. The predicted molar refractivity (Wildman–Crippen MR) is 102 cm³/mol. The Morgan fingerprint density at radius 2 is 2.00 bits per heavy atom. The van der Waals surface area contributed by atoms with Gasteiger partial charge in [-0.15, -0.1) is 0 Å². The highest BCUT2D eigenvalue weighted by Crippen LogP contribution is 2.39. The molecule has 28 heavy (non-hydrogen) atoms. The van der Waals surface area contributed by atoms with Crippen LogP contribution in [-0.2, 0) is 17.6 Å². The topological polar surface area (TPSA) is 73.3 Å². The molecule has 4 rings (SSSR count). The van der Waals surface area contributed by atoms with Gasteiger partial charge < -0.3 is 14.8 Å². The molecule has 0 aliphatic carbocycles. The van der Waals surface area contributed by atoms with Crippen LogP contribution in [-0.4, -0.2) is 29.6 Å². The van der Waals surface area contributed by atoms with Crippen LogP contribution < -0.4 is 14.8 Å². The van der Waals surface area contributed by atoms with E-state index in [1.807, 2.05) is 6.07 Å². The number of carbonyl (C=O) groups is 1. The first-order valence-electron chi connectivity index (χ1n) is 8.83. The molecule has 7 heteroatoms. The van der Waals surface area contributed by atoms with Crippen molar-refractivity contribution >= 4 is 11.7 Å². The predicted octanol–water partition coefficient (Wildman–Crippen LogP) is 3.41. The minimum absolute atomic E-state index is 0.126. The summed E-state index contributed by atoms with van der Waals surface area (Å²) < 4.78 is 23.8. The fourth-order valence-electron chi connectivity index (χ4n) is 3.15. The third-order valence-corrected chi connectivity index (χ3v) is 4.53. The Morgan fingerprint density at radius 1 is 1.18 bits per heavy atom. The molecule has 142 valence electrons. The zero-order valence-corrected chi connectivity index (χ0v) is 15.2. The first kappa shape index (κ1) is 17.9. The highest BCUT2D eigenvalue weighted by molar-refractivity contribution is 5.93. The van der Waals surface area contributed by atoms with Crippen LogP contribution in [0.2, 0.25) is 0 Å². The molecule has 6 nitrogen and oxygen atoms in total. The van der Waals surface area contributed by atoms with Crippen LogP contribution in [0.3, 0.4) is 0 Å². The van der Waals surface area contributed by atoms with Crippen molar-refractivity contribution in [1.29, 1.82) is 0 Å². The van der Waals surface area contributed by atoms with E-state index >= 15 is 0 Å². The summed E-state index contributed by atoms with van der Waals surface area (Å²) in [5.41, 5.74) is 3.52. The number of aromatic nitrogens is 2. The number of fused-ring (bicyclic) bond motifs is 1. The van der Waals surface area contributed by atoms with Crippen molar-refractivity contribution in [3.05, 3.63) is 65.7 Å². The van der Waals surface area contributed by atoms with E-state index in [0.717, 1.165) is 28.7 Å². The van der Waals surface area contributed by atoms with E-state index < -0.39 is 0 Å². The number of anilines is 1. The molecule has 0 bridgehead atoms. The Labute approximate surface area is 161 Å². The molecule has 0 spiro atoms. The summed E-state index contributed by atoms with van der Waals surface area (Å²) in [5.74, 6) is 0.941. The number of ether oxygens (including phenoxy) is 2. The maximum Gasteiger partial charge on any atom is 0.230 e. The van der Waals surface area contributed by atoms with Crippen LogP contribution in [0.25, 0.3) is 11.1 Å². The molecule has 0 saturated carbocycles. The van der Waals surface area contributed by atoms with Gasteiger partial charge in [0.15, 0.2) is 11.6 Å². The summed E-state index contributed by atoms with van der Waals surface area (Å²) in [4.78, 5) is 21.0. The van der Waals surface area contributed by atoms with E-state index in [9.17, 15) is 9.18 Å². The average Bonchev–Trinajstić information content (AvgIpc) is 3.20. The molecular formula is C21H18FN3O3. The van der Waals surface area contributed by atoms with E-state index in [4.69, 9.17) is 9.47 Å². The summed E-state index contributed by atoms with van der Waals surface area (Å²) in [6.45, 7) is 0.526. The van der Waals surface area contributed by atoms with Crippen molar-refractivity contribution in [3.8, 4) is 22.8 Å². The average molecular weight is 379 g/mol. The van der Waals surface area contributed by atoms with Crippen LogP contribution in [0.1, 0.15) is 11.1 Å². The van der Waals surface area contributed by atoms with Crippen molar-refractivity contribution in [3.63, 3.8) is 0 Å². The standard InChI is InChI=1S/C21H18FN3O3/c1-27-19-7-4-14(11-23-19)17-12-24-21(20-16(17)8-9-28-20)25-18(26)10-13-2-5-15(22)6-3-13/h2-7,11-12H,8-10H2,1H3,(H,24,25,26). The number of rotatable bonds is 5. The van der Waals surface area contributed by atoms with E-state index in [2.05, 4.69) is 15.3 Å². The number of amides is 1. The summed E-state index contributed by atoms with van der Waals surface area (Å²) in [5, 5.41) is 2.80. The number of benzene rings is 1. The SMILES string of the molecule is COc1ccc(-c2cnc(NC(=O)Cc3ccc(F)cc3)c3c2CCO3)cn1. The first-order chi connectivity index (χ1) is 13.6. The zero-order chi connectivity index (χ0) is 19.5. The molecule has 0 atom stereocenters. The molecule has 0 fully saturated rings. The summed E-state index contributed by atoms with van der Waals surface area (Å²) >= 11 is 0. The second-order valence-electron chi connectivity index (χ2n) is 6.37. The normalized spacial score (nSPS) is 12.2. The number of nitrogens with zero attached hydrogens (tertiary/aromatic N) is 2. The van der Waals surface area contributed by atoms with Gasteiger partial charge in [-0.25, -0.2) is 14.4 Å². The Kier molecular flexibility index (Phi) is 4.89. The van der Waals surface area contributed by atoms with Gasteiger partial charge in [0.25, 0.3) is 0 Å². The van der Waals surface area contributed by atoms with E-state index in [1.54, 1.807) is 37.7 Å². The molecule has 1 aliphatic rings. The van der Waals surface area contributed by atoms with Crippen molar-refractivity contribution in [2.75, 3.05) is 19.0 Å². The van der Waals surface area contributed by atoms with Crippen molar-refractivity contribution in [2.45, 2.75) is 12.8 Å². The third-order valence-electron chi connectivity index (χ3n) is 4.53. The minimum atomic E-state index is -0.333. The minimum Gasteiger partial charge on any atom is -0.489 e. The lowest BCUT2D eigenvalue weighted by atomic mass is 10.0. The van der Waals surface area contributed by atoms with Crippen molar-refractivity contribution in [1.82, 2.24) is 9.97 Å². The van der Waals surface area contributed by atoms with Crippen LogP contribution in [0.5, 0.6) is 11.6 Å². The van der Waals surface area contributed by atoms with Gasteiger partial charge in [0.2, 0.25) is 11.8 Å². The lowest BCUT2D eigenvalue weighted by Crippen LogP contribution is -2.16. The van der Waals surface area contributed by atoms with Crippen LogP contribution in [0.15, 0.2) is 48.8 Å². The lowest BCUT2D eigenvalue weighted by Gasteiger charge is -2.12. The smallest absolute Gasteiger partial charge is 0.230 e. The molecule has 2 aromatic heterocycles. The van der Waals surface area contributed by atoms with Crippen molar-refractivity contribution < 1.29 is 18.7 Å². The van der Waals surface area contributed by atoms with Gasteiger partial charge in [0.1, 0.15) is 5.82 Å². The number of hydrogen-bond donors (Lipinski definition) is 1. The molecule has 1 aliphatic heterocycles. The maximum absolute atomic E-state index is 13.0. The summed E-state index contributed by atoms with van der Waals surface area (Å²) in [6, 6.07) is 9.54. The van der Waals surface area contributed by atoms with Crippen LogP contribution in [0.4, 0.5) is 10.2 Å². The molecule has 1 amide bonds. The van der Waals surface area contributed by atoms with Crippen LogP contribution >= 0.6 is 0 Å². The molecule has 3 aromatic rings. The molecule has 1 aromatic carbocycles. The monoisotopic (exact) mass is 379 g/mol. The summed E-state index contributed by atoms with van der Waals surface area (Å²) in [6.07, 6.45) is 4.28. The summed E-state index contributed by atoms with van der Waals surface area (Å²) in [7, 11) is 1.57. The van der Waals surface area contributed by atoms with Crippen LogP contribution in [0, 0.1) is 5.82 Å². The molecule has 1 N–H and O–H groups in total. The number of hydrogen-bond acceptors (Lipinski definition) is 5. The van der Waals surface area contributed by atoms with Gasteiger partial charge in [0, 0.05) is 41.6 Å². The molecule has 3 heterocycles. The highest BCUT2D eigenvalue weighted by atomic mass is 19.1. The largest absolute Gasteiger partial charge is 0.489 e. The number of nitrogens with one attached hydrogen (secondary N) is 1. The fourth-order valence-corrected chi connectivity index (χ4v) is 3.15. The zero-order valence-electron chi connectivity index (χ0n) is 15.2. The van der Waals surface area contributed by atoms with Crippen molar-refractivity contribution in [2.24, 2.45) is 0 Å². The Morgan fingerprint density at radius 3 is 2.71 bits per heavy atom. The van der Waals surface area contributed by atoms with Gasteiger partial charge in [-0.2, -0.15) is 0 Å². The van der Waals surface area contributed by atoms with E-state index in [-0.39, 0.29) is 18.1 Å². The van der Waals surface area contributed by atoms with Gasteiger partial charge in [-0.05, 0) is 23.8 Å². The van der Waals surface area contributed by atoms with E-state index in [1.165, 1.54) is 12.1 Å².